The van der Waals surface area contributed by atoms with Gasteiger partial charge in [-0.2, -0.15) is 8.42 Å². The summed E-state index contributed by atoms with van der Waals surface area (Å²) in [7, 11) is -4.41. The van der Waals surface area contributed by atoms with E-state index in [1.165, 1.54) is 0 Å². The maximum atomic E-state index is 12.1. The van der Waals surface area contributed by atoms with E-state index in [4.69, 9.17) is 10.3 Å². The van der Waals surface area contributed by atoms with Gasteiger partial charge in [-0.25, -0.2) is 0 Å². The van der Waals surface area contributed by atoms with Gasteiger partial charge in [-0.15, -0.1) is 0 Å². The number of hydrogen-bond donors (Lipinski definition) is 2. The molecule has 3 unspecified atom stereocenters. The Hall–Kier alpha value is -0.460. The van der Waals surface area contributed by atoms with E-state index in [1.807, 2.05) is 20.8 Å². The Morgan fingerprint density at radius 1 is 1.44 bits per heavy atom. The predicted octanol–water partition coefficient (Wildman–Crippen LogP) is 0.453. The van der Waals surface area contributed by atoms with E-state index in [0.29, 0.717) is 0 Å². The molecule has 1 fully saturated rings. The van der Waals surface area contributed by atoms with Crippen LogP contribution < -0.4 is 5.73 Å². The summed E-state index contributed by atoms with van der Waals surface area (Å²) >= 11 is 0. The van der Waals surface area contributed by atoms with Gasteiger partial charge >= 0.3 is 0 Å². The van der Waals surface area contributed by atoms with Gasteiger partial charge in [0, 0.05) is 12.0 Å². The topological polar surface area (TPSA) is 97.5 Å². The molecule has 0 saturated heterocycles. The van der Waals surface area contributed by atoms with Crippen molar-refractivity contribution in [3.05, 3.63) is 0 Å². The van der Waals surface area contributed by atoms with Crippen molar-refractivity contribution >= 4 is 15.9 Å². The number of nitrogens with two attached hydrogens (primary N) is 1. The first-order chi connectivity index (χ1) is 7.01. The maximum absolute atomic E-state index is 12.1. The zero-order valence-corrected chi connectivity index (χ0v) is 10.8. The van der Waals surface area contributed by atoms with E-state index in [0.717, 1.165) is 0 Å². The third-order valence-corrected chi connectivity index (χ3v) is 5.71. The second-order valence-corrected chi connectivity index (χ2v) is 6.85. The fourth-order valence-corrected chi connectivity index (χ4v) is 3.26. The molecule has 0 amide bonds. The van der Waals surface area contributed by atoms with E-state index < -0.39 is 26.6 Å². The average Bonchev–Trinajstić information content (AvgIpc) is 2.50. The Kier molecular flexibility index (Phi) is 2.99. The lowest BCUT2D eigenvalue weighted by atomic mass is 9.91. The van der Waals surface area contributed by atoms with Crippen LogP contribution in [0.2, 0.25) is 0 Å². The van der Waals surface area contributed by atoms with Crippen molar-refractivity contribution in [3.8, 4) is 0 Å². The number of hydrogen-bond acceptors (Lipinski definition) is 4. The van der Waals surface area contributed by atoms with Gasteiger partial charge in [-0.1, -0.05) is 27.7 Å². The highest BCUT2D eigenvalue weighted by Crippen LogP contribution is 2.69. The van der Waals surface area contributed by atoms with Crippen LogP contribution >= 0.6 is 0 Å². The molecule has 94 valence electrons. The second-order valence-electron chi connectivity index (χ2n) is 5.25. The van der Waals surface area contributed by atoms with Crippen molar-refractivity contribution in [2.45, 2.75) is 32.9 Å². The van der Waals surface area contributed by atoms with Crippen molar-refractivity contribution in [1.82, 2.24) is 0 Å². The molecule has 0 aromatic heterocycles. The first kappa shape index (κ1) is 13.6. The number of carbonyl (C=O) groups is 1. The molecule has 0 heterocycles. The lowest BCUT2D eigenvalue weighted by molar-refractivity contribution is -0.124. The first-order valence-corrected chi connectivity index (χ1v) is 6.72. The van der Waals surface area contributed by atoms with Crippen LogP contribution in [0.3, 0.4) is 0 Å². The number of ketones is 1. The molecule has 0 radical (unpaired) electrons. The molecular weight excluding hydrogens is 230 g/mol. The molecular formula is C10H19NO4S. The van der Waals surface area contributed by atoms with Crippen LogP contribution in [0, 0.1) is 16.7 Å². The zero-order valence-electron chi connectivity index (χ0n) is 10.0. The summed E-state index contributed by atoms with van der Waals surface area (Å²) in [5, 5.41) is -1.50. The molecule has 0 aromatic rings. The Morgan fingerprint density at radius 3 is 2.00 bits per heavy atom. The summed E-state index contributed by atoms with van der Waals surface area (Å²) in [6.45, 7) is 7.07. The Labute approximate surface area is 96.1 Å². The smallest absolute Gasteiger partial charge is 0.276 e. The van der Waals surface area contributed by atoms with Crippen LogP contribution in [0.4, 0.5) is 0 Å². The van der Waals surface area contributed by atoms with E-state index in [9.17, 15) is 13.2 Å². The fourth-order valence-electron chi connectivity index (χ4n) is 2.50. The molecule has 0 aliphatic heterocycles. The van der Waals surface area contributed by atoms with Gasteiger partial charge < -0.3 is 5.73 Å². The Bertz CT molecular complexity index is 415. The molecule has 1 rings (SSSR count). The molecule has 1 saturated carbocycles. The summed E-state index contributed by atoms with van der Waals surface area (Å²) in [4.78, 5) is 12.1. The van der Waals surface area contributed by atoms with Crippen LogP contribution in [0.15, 0.2) is 0 Å². The summed E-state index contributed by atoms with van der Waals surface area (Å²) < 4.78 is 31.1. The van der Waals surface area contributed by atoms with E-state index in [-0.39, 0.29) is 17.9 Å². The summed E-state index contributed by atoms with van der Waals surface area (Å²) in [5.74, 6) is -0.390. The summed E-state index contributed by atoms with van der Waals surface area (Å²) in [6, 6.07) is 0. The van der Waals surface area contributed by atoms with E-state index in [2.05, 4.69) is 0 Å². The van der Waals surface area contributed by atoms with Crippen molar-refractivity contribution in [3.63, 3.8) is 0 Å². The molecule has 6 heteroatoms. The highest BCUT2D eigenvalue weighted by atomic mass is 32.2. The zero-order chi connectivity index (χ0) is 12.9. The third-order valence-electron chi connectivity index (χ3n) is 4.58. The number of rotatable bonds is 4. The summed E-state index contributed by atoms with van der Waals surface area (Å²) in [5.41, 5.74) is 4.30. The number of carbonyl (C=O) groups excluding carboxylic acids is 1. The maximum Gasteiger partial charge on any atom is 0.276 e. The summed E-state index contributed by atoms with van der Waals surface area (Å²) in [6.07, 6.45) is 0. The quantitative estimate of drug-likeness (QED) is 0.705. The normalized spacial score (nSPS) is 34.5. The van der Waals surface area contributed by atoms with E-state index in [1.54, 1.807) is 6.92 Å². The molecule has 1 aliphatic rings. The molecule has 3 atom stereocenters. The monoisotopic (exact) mass is 249 g/mol. The van der Waals surface area contributed by atoms with Crippen molar-refractivity contribution in [2.24, 2.45) is 22.5 Å². The minimum atomic E-state index is -4.41. The predicted molar refractivity (Wildman–Crippen MR) is 60.5 cm³/mol. The highest BCUT2D eigenvalue weighted by molar-refractivity contribution is 7.87. The van der Waals surface area contributed by atoms with Crippen molar-refractivity contribution in [1.29, 1.82) is 0 Å². The Balaban J connectivity index is 3.06. The minimum Gasteiger partial charge on any atom is -0.329 e. The van der Waals surface area contributed by atoms with Crippen LogP contribution in [-0.4, -0.2) is 30.5 Å². The first-order valence-electron chi connectivity index (χ1n) is 5.22. The number of Topliss-reactive ketones (excluding diaryl/α,β-unsaturated/α-hetero) is 1. The van der Waals surface area contributed by atoms with Gasteiger partial charge in [0.25, 0.3) is 10.1 Å². The van der Waals surface area contributed by atoms with Crippen LogP contribution in [0.1, 0.15) is 27.7 Å². The third kappa shape index (κ3) is 1.59. The van der Waals surface area contributed by atoms with Crippen LogP contribution in [-0.2, 0) is 14.9 Å². The second kappa shape index (κ2) is 3.51. The van der Waals surface area contributed by atoms with Gasteiger partial charge in [-0.3, -0.25) is 9.35 Å². The molecule has 0 spiro atoms. The molecule has 1 aliphatic carbocycles. The van der Waals surface area contributed by atoms with Gasteiger partial charge in [0.2, 0.25) is 0 Å². The van der Waals surface area contributed by atoms with Crippen molar-refractivity contribution < 1.29 is 17.8 Å². The fraction of sp³-hybridized carbons (Fsp3) is 0.900. The van der Waals surface area contributed by atoms with E-state index >= 15 is 0 Å². The standard InChI is InChI=1S/C10H19NO4S/c1-6-9(2,3)10(6,4)8(12)7(5-11)16(13,14)15/h6-7H,5,11H2,1-4H3,(H,13,14,15). The largest absolute Gasteiger partial charge is 0.329 e. The molecule has 16 heavy (non-hydrogen) atoms. The lowest BCUT2D eigenvalue weighted by Crippen LogP contribution is -2.42. The lowest BCUT2D eigenvalue weighted by Gasteiger charge is -2.18. The SMILES string of the molecule is CC1C(C)(C)C1(C)C(=O)C(CN)S(=O)(=O)O. The average molecular weight is 249 g/mol. The minimum absolute atomic E-state index is 0.0864. The molecule has 3 N–H and O–H groups in total. The van der Waals surface area contributed by atoms with Gasteiger partial charge in [0.15, 0.2) is 11.0 Å². The molecule has 0 aromatic carbocycles. The highest BCUT2D eigenvalue weighted by Gasteiger charge is 2.70. The van der Waals surface area contributed by atoms with Gasteiger partial charge in [0.1, 0.15) is 0 Å². The molecule has 5 nitrogen and oxygen atoms in total. The molecule has 0 bridgehead atoms. The van der Waals surface area contributed by atoms with Crippen LogP contribution in [0.5, 0.6) is 0 Å². The Morgan fingerprint density at radius 2 is 1.81 bits per heavy atom. The van der Waals surface area contributed by atoms with Gasteiger partial charge in [0.05, 0.1) is 0 Å². The van der Waals surface area contributed by atoms with Gasteiger partial charge in [-0.05, 0) is 11.3 Å². The van der Waals surface area contributed by atoms with Crippen LogP contribution in [0.25, 0.3) is 0 Å². The van der Waals surface area contributed by atoms with Crippen molar-refractivity contribution in [2.75, 3.05) is 6.54 Å².